The molecular weight excluding hydrogens is 468 g/mol. The van der Waals surface area contributed by atoms with Crippen LogP contribution >= 0.6 is 0 Å². The number of anilines is 2. The van der Waals surface area contributed by atoms with Crippen LogP contribution in [0.4, 0.5) is 11.4 Å². The minimum absolute atomic E-state index is 0.0242. The topological polar surface area (TPSA) is 111 Å². The zero-order valence-electron chi connectivity index (χ0n) is 19.8. The maximum atomic E-state index is 12.9. The standard InChI is InChI=1S/C26H28N2O6S/c1-4-33-23-17-22(28-26(30)19-12-14-20(15-13-19)35(31,32)6-3)24(34-5-2)16-21(23)27-25(29)18-10-8-7-9-11-18/h7-17H,4-6H2,1-3H3,(H,27,29)(H,28,30). The van der Waals surface area contributed by atoms with Crippen LogP contribution in [0.25, 0.3) is 0 Å². The van der Waals surface area contributed by atoms with Crippen LogP contribution in [0.2, 0.25) is 0 Å². The SMILES string of the molecule is CCOc1cc(NC(=O)c2ccc(S(=O)(=O)CC)cc2)c(OCC)cc1NC(=O)c1ccccc1. The van der Waals surface area contributed by atoms with E-state index in [0.717, 1.165) is 0 Å². The predicted molar refractivity (Wildman–Crippen MR) is 135 cm³/mol. The van der Waals surface area contributed by atoms with Gasteiger partial charge >= 0.3 is 0 Å². The van der Waals surface area contributed by atoms with Crippen molar-refractivity contribution in [3.05, 3.63) is 77.9 Å². The van der Waals surface area contributed by atoms with E-state index in [1.165, 1.54) is 24.3 Å². The first-order valence-electron chi connectivity index (χ1n) is 11.2. The second-order valence-corrected chi connectivity index (χ2v) is 9.69. The fraction of sp³-hybridized carbons (Fsp3) is 0.231. The Hall–Kier alpha value is -3.85. The molecule has 0 fully saturated rings. The Labute approximate surface area is 205 Å². The fourth-order valence-electron chi connectivity index (χ4n) is 3.26. The van der Waals surface area contributed by atoms with Gasteiger partial charge in [0.1, 0.15) is 11.5 Å². The smallest absolute Gasteiger partial charge is 0.255 e. The summed E-state index contributed by atoms with van der Waals surface area (Å²) < 4.78 is 35.5. The second-order valence-electron chi connectivity index (χ2n) is 7.41. The largest absolute Gasteiger partial charge is 0.492 e. The minimum atomic E-state index is -3.36. The van der Waals surface area contributed by atoms with E-state index in [2.05, 4.69) is 10.6 Å². The van der Waals surface area contributed by atoms with E-state index in [0.29, 0.717) is 41.7 Å². The Morgan fingerprint density at radius 2 is 1.17 bits per heavy atom. The number of ether oxygens (including phenoxy) is 2. The lowest BCUT2D eigenvalue weighted by Gasteiger charge is -2.18. The fourth-order valence-corrected chi connectivity index (χ4v) is 4.15. The van der Waals surface area contributed by atoms with Crippen LogP contribution < -0.4 is 20.1 Å². The summed E-state index contributed by atoms with van der Waals surface area (Å²) >= 11 is 0. The monoisotopic (exact) mass is 496 g/mol. The highest BCUT2D eigenvalue weighted by atomic mass is 32.2. The van der Waals surface area contributed by atoms with Crippen molar-refractivity contribution in [2.45, 2.75) is 25.7 Å². The average Bonchev–Trinajstić information content (AvgIpc) is 2.87. The van der Waals surface area contributed by atoms with Gasteiger partial charge in [-0.2, -0.15) is 0 Å². The van der Waals surface area contributed by atoms with Gasteiger partial charge in [-0.15, -0.1) is 0 Å². The summed E-state index contributed by atoms with van der Waals surface area (Å²) in [6.07, 6.45) is 0. The summed E-state index contributed by atoms with van der Waals surface area (Å²) in [4.78, 5) is 25.7. The van der Waals surface area contributed by atoms with E-state index < -0.39 is 15.7 Å². The van der Waals surface area contributed by atoms with Gasteiger partial charge < -0.3 is 20.1 Å². The number of amides is 2. The molecule has 2 amide bonds. The van der Waals surface area contributed by atoms with Gasteiger partial charge in [-0.3, -0.25) is 9.59 Å². The number of hydrogen-bond donors (Lipinski definition) is 2. The molecule has 0 saturated heterocycles. The lowest BCUT2D eigenvalue weighted by molar-refractivity contribution is 0.101. The van der Waals surface area contributed by atoms with E-state index >= 15 is 0 Å². The van der Waals surface area contributed by atoms with Crippen molar-refractivity contribution >= 4 is 33.0 Å². The van der Waals surface area contributed by atoms with Gasteiger partial charge in [0.25, 0.3) is 11.8 Å². The van der Waals surface area contributed by atoms with Gasteiger partial charge in [-0.1, -0.05) is 25.1 Å². The number of hydrogen-bond acceptors (Lipinski definition) is 6. The van der Waals surface area contributed by atoms with Crippen molar-refractivity contribution in [1.29, 1.82) is 0 Å². The Bertz CT molecular complexity index is 1290. The van der Waals surface area contributed by atoms with E-state index in [1.807, 2.05) is 13.0 Å². The van der Waals surface area contributed by atoms with Crippen LogP contribution in [-0.4, -0.2) is 39.2 Å². The van der Waals surface area contributed by atoms with Gasteiger partial charge in [0.2, 0.25) is 0 Å². The van der Waals surface area contributed by atoms with Crippen molar-refractivity contribution in [1.82, 2.24) is 0 Å². The number of carbonyl (C=O) groups excluding carboxylic acids is 2. The summed E-state index contributed by atoms with van der Waals surface area (Å²) in [7, 11) is -3.36. The highest BCUT2D eigenvalue weighted by Gasteiger charge is 2.18. The first-order valence-corrected chi connectivity index (χ1v) is 12.9. The molecule has 3 aromatic carbocycles. The Morgan fingerprint density at radius 1 is 0.714 bits per heavy atom. The molecule has 35 heavy (non-hydrogen) atoms. The number of sulfone groups is 1. The van der Waals surface area contributed by atoms with E-state index in [-0.39, 0.29) is 22.1 Å². The first-order chi connectivity index (χ1) is 16.8. The molecule has 184 valence electrons. The Kier molecular flexibility index (Phi) is 8.48. The molecule has 3 rings (SSSR count). The van der Waals surface area contributed by atoms with E-state index in [4.69, 9.17) is 9.47 Å². The molecule has 0 aliphatic carbocycles. The second kappa shape index (κ2) is 11.5. The molecule has 0 heterocycles. The molecule has 0 aromatic heterocycles. The molecule has 0 unspecified atom stereocenters. The third kappa shape index (κ3) is 6.39. The summed E-state index contributed by atoms with van der Waals surface area (Å²) in [5, 5.41) is 5.62. The van der Waals surface area contributed by atoms with Crippen molar-refractivity contribution in [3.8, 4) is 11.5 Å². The molecule has 0 bridgehead atoms. The molecule has 8 nitrogen and oxygen atoms in total. The summed E-state index contributed by atoms with van der Waals surface area (Å²) in [6.45, 7) is 5.84. The minimum Gasteiger partial charge on any atom is -0.492 e. The number of benzene rings is 3. The maximum absolute atomic E-state index is 12.9. The quantitative estimate of drug-likeness (QED) is 0.418. The van der Waals surface area contributed by atoms with Crippen molar-refractivity contribution in [2.75, 3.05) is 29.6 Å². The van der Waals surface area contributed by atoms with Crippen LogP contribution in [0.5, 0.6) is 11.5 Å². The molecule has 0 spiro atoms. The predicted octanol–water partition coefficient (Wildman–Crippen LogP) is 4.78. The normalized spacial score (nSPS) is 10.9. The summed E-state index contributed by atoms with van der Waals surface area (Å²) in [6, 6.07) is 17.7. The van der Waals surface area contributed by atoms with Gasteiger partial charge in [0.15, 0.2) is 9.84 Å². The molecule has 9 heteroatoms. The van der Waals surface area contributed by atoms with Crippen LogP contribution in [0, 0.1) is 0 Å². The van der Waals surface area contributed by atoms with Crippen LogP contribution in [0.1, 0.15) is 41.5 Å². The summed E-state index contributed by atoms with van der Waals surface area (Å²) in [5.41, 5.74) is 1.51. The highest BCUT2D eigenvalue weighted by molar-refractivity contribution is 7.91. The molecule has 0 atom stereocenters. The lowest BCUT2D eigenvalue weighted by Crippen LogP contribution is -2.16. The van der Waals surface area contributed by atoms with Crippen molar-refractivity contribution in [2.24, 2.45) is 0 Å². The lowest BCUT2D eigenvalue weighted by atomic mass is 10.1. The number of rotatable bonds is 10. The van der Waals surface area contributed by atoms with Gasteiger partial charge in [-0.25, -0.2) is 8.42 Å². The molecular formula is C26H28N2O6S. The molecule has 3 aromatic rings. The zero-order chi connectivity index (χ0) is 25.4. The number of nitrogens with one attached hydrogen (secondary N) is 2. The van der Waals surface area contributed by atoms with Crippen molar-refractivity contribution in [3.63, 3.8) is 0 Å². The average molecular weight is 497 g/mol. The molecule has 2 N–H and O–H groups in total. The van der Waals surface area contributed by atoms with Gasteiger partial charge in [0.05, 0.1) is 35.2 Å². The van der Waals surface area contributed by atoms with Crippen molar-refractivity contribution < 1.29 is 27.5 Å². The van der Waals surface area contributed by atoms with Gasteiger partial charge in [-0.05, 0) is 50.2 Å². The molecule has 0 aliphatic rings. The molecule has 0 aliphatic heterocycles. The van der Waals surface area contributed by atoms with Crippen LogP contribution in [-0.2, 0) is 9.84 Å². The Morgan fingerprint density at radius 3 is 1.60 bits per heavy atom. The maximum Gasteiger partial charge on any atom is 0.255 e. The first kappa shape index (κ1) is 25.8. The number of carbonyl (C=O) groups is 2. The molecule has 0 radical (unpaired) electrons. The van der Waals surface area contributed by atoms with Crippen LogP contribution in [0.15, 0.2) is 71.6 Å². The van der Waals surface area contributed by atoms with Crippen LogP contribution in [0.3, 0.4) is 0 Å². The highest BCUT2D eigenvalue weighted by Crippen LogP contribution is 2.37. The zero-order valence-corrected chi connectivity index (χ0v) is 20.6. The Balaban J connectivity index is 1.90. The third-order valence-corrected chi connectivity index (χ3v) is 6.82. The third-order valence-electron chi connectivity index (χ3n) is 5.07. The van der Waals surface area contributed by atoms with E-state index in [9.17, 15) is 18.0 Å². The van der Waals surface area contributed by atoms with Gasteiger partial charge in [0, 0.05) is 23.3 Å². The summed E-state index contributed by atoms with van der Waals surface area (Å²) in [5.74, 6) is -0.0792. The van der Waals surface area contributed by atoms with E-state index in [1.54, 1.807) is 50.2 Å². The molecule has 0 saturated carbocycles.